The standard InChI is InChI=1S/C17H25NO3S/c19-17(15-12-22-16-7-2-1-6-14(15)16)18-8-4-9-20-11-13-5-3-10-21-13/h12-13H,1-11H2,(H,18,19)/t13-/m1/s1. The summed E-state index contributed by atoms with van der Waals surface area (Å²) in [5.74, 6) is 0.0820. The minimum atomic E-state index is 0.0820. The van der Waals surface area contributed by atoms with Gasteiger partial charge in [-0.2, -0.15) is 0 Å². The maximum absolute atomic E-state index is 12.3. The first kappa shape index (κ1) is 16.0. The van der Waals surface area contributed by atoms with Crippen LogP contribution in [0.2, 0.25) is 0 Å². The molecule has 0 spiro atoms. The maximum Gasteiger partial charge on any atom is 0.252 e. The first-order valence-electron chi connectivity index (χ1n) is 8.41. The SMILES string of the molecule is O=C(NCCCOC[C@H]1CCCO1)c1csc2c1CCCC2. The summed E-state index contributed by atoms with van der Waals surface area (Å²) in [6.07, 6.45) is 8.07. The quantitative estimate of drug-likeness (QED) is 0.785. The molecule has 1 amide bonds. The van der Waals surface area contributed by atoms with Gasteiger partial charge in [0.15, 0.2) is 0 Å². The third-order valence-electron chi connectivity index (χ3n) is 4.38. The predicted octanol–water partition coefficient (Wildman–Crippen LogP) is 2.94. The molecule has 0 unspecified atom stereocenters. The summed E-state index contributed by atoms with van der Waals surface area (Å²) in [6, 6.07) is 0. The van der Waals surface area contributed by atoms with Crippen LogP contribution in [0.3, 0.4) is 0 Å². The van der Waals surface area contributed by atoms with Crippen molar-refractivity contribution >= 4 is 17.2 Å². The molecule has 5 heteroatoms. The van der Waals surface area contributed by atoms with Gasteiger partial charge in [-0.1, -0.05) is 0 Å². The average molecular weight is 323 g/mol. The number of carbonyl (C=O) groups excluding carboxylic acids is 1. The van der Waals surface area contributed by atoms with Gasteiger partial charge >= 0.3 is 0 Å². The second-order valence-corrected chi connectivity index (χ2v) is 7.04. The molecule has 1 aromatic rings. The van der Waals surface area contributed by atoms with Gasteiger partial charge in [0.05, 0.1) is 18.3 Å². The fraction of sp³-hybridized carbons (Fsp3) is 0.706. The Morgan fingerprint density at radius 3 is 3.14 bits per heavy atom. The largest absolute Gasteiger partial charge is 0.379 e. The van der Waals surface area contributed by atoms with E-state index in [-0.39, 0.29) is 12.0 Å². The Bertz CT molecular complexity index is 494. The monoisotopic (exact) mass is 323 g/mol. The number of nitrogens with one attached hydrogen (secondary N) is 1. The first-order chi connectivity index (χ1) is 10.8. The first-order valence-corrected chi connectivity index (χ1v) is 9.29. The van der Waals surface area contributed by atoms with Gasteiger partial charge in [0.2, 0.25) is 0 Å². The number of hydrogen-bond donors (Lipinski definition) is 1. The van der Waals surface area contributed by atoms with Crippen molar-refractivity contribution in [2.75, 3.05) is 26.4 Å². The second kappa shape index (κ2) is 8.09. The highest BCUT2D eigenvalue weighted by Gasteiger charge is 2.19. The Kier molecular flexibility index (Phi) is 5.87. The number of fused-ring (bicyclic) bond motifs is 1. The van der Waals surface area contributed by atoms with Gasteiger partial charge in [-0.15, -0.1) is 11.3 Å². The molecule has 2 heterocycles. The van der Waals surface area contributed by atoms with Gasteiger partial charge < -0.3 is 14.8 Å². The zero-order chi connectivity index (χ0) is 15.2. The van der Waals surface area contributed by atoms with E-state index in [4.69, 9.17) is 9.47 Å². The zero-order valence-electron chi connectivity index (χ0n) is 13.1. The molecule has 0 aromatic carbocycles. The Hall–Kier alpha value is -0.910. The van der Waals surface area contributed by atoms with Crippen molar-refractivity contribution in [3.63, 3.8) is 0 Å². The molecule has 2 aliphatic rings. The van der Waals surface area contributed by atoms with Crippen LogP contribution in [0.25, 0.3) is 0 Å². The Morgan fingerprint density at radius 1 is 1.36 bits per heavy atom. The molecule has 1 fully saturated rings. The molecule has 4 nitrogen and oxygen atoms in total. The number of thiophene rings is 1. The van der Waals surface area contributed by atoms with Gasteiger partial charge in [0, 0.05) is 30.0 Å². The summed E-state index contributed by atoms with van der Waals surface area (Å²) >= 11 is 1.74. The van der Waals surface area contributed by atoms with Crippen LogP contribution in [0.1, 0.15) is 52.9 Å². The third-order valence-corrected chi connectivity index (χ3v) is 5.47. The van der Waals surface area contributed by atoms with Gasteiger partial charge in [-0.05, 0) is 50.5 Å². The lowest BCUT2D eigenvalue weighted by Gasteiger charge is -2.13. The number of ether oxygens (including phenoxy) is 2. The van der Waals surface area contributed by atoms with Crippen LogP contribution in [0.4, 0.5) is 0 Å². The molecule has 1 aliphatic heterocycles. The van der Waals surface area contributed by atoms with E-state index in [9.17, 15) is 4.79 Å². The smallest absolute Gasteiger partial charge is 0.252 e. The van der Waals surface area contributed by atoms with Crippen molar-refractivity contribution in [2.24, 2.45) is 0 Å². The fourth-order valence-corrected chi connectivity index (χ4v) is 4.27. The van der Waals surface area contributed by atoms with Crippen molar-refractivity contribution in [3.8, 4) is 0 Å². The lowest BCUT2D eigenvalue weighted by atomic mass is 9.96. The van der Waals surface area contributed by atoms with E-state index in [2.05, 4.69) is 5.32 Å². The van der Waals surface area contributed by atoms with E-state index in [1.807, 2.05) is 5.38 Å². The van der Waals surface area contributed by atoms with Crippen molar-refractivity contribution in [3.05, 3.63) is 21.4 Å². The molecule has 1 atom stereocenters. The Labute approximate surface area is 136 Å². The van der Waals surface area contributed by atoms with E-state index < -0.39 is 0 Å². The van der Waals surface area contributed by atoms with Gasteiger partial charge in [0.25, 0.3) is 5.91 Å². The van der Waals surface area contributed by atoms with E-state index in [0.717, 1.165) is 44.3 Å². The molecule has 1 saturated heterocycles. The summed E-state index contributed by atoms with van der Waals surface area (Å²) in [5, 5.41) is 5.05. The summed E-state index contributed by atoms with van der Waals surface area (Å²) in [5.41, 5.74) is 2.20. The molecule has 0 radical (unpaired) electrons. The molecule has 22 heavy (non-hydrogen) atoms. The lowest BCUT2D eigenvalue weighted by Crippen LogP contribution is -2.26. The van der Waals surface area contributed by atoms with E-state index in [1.165, 1.54) is 23.3 Å². The molecule has 122 valence electrons. The van der Waals surface area contributed by atoms with Crippen molar-refractivity contribution in [2.45, 2.75) is 51.0 Å². The molecule has 1 aromatic heterocycles. The van der Waals surface area contributed by atoms with E-state index >= 15 is 0 Å². The van der Waals surface area contributed by atoms with Gasteiger partial charge in [0.1, 0.15) is 0 Å². The van der Waals surface area contributed by atoms with Gasteiger partial charge in [-0.25, -0.2) is 0 Å². The highest BCUT2D eigenvalue weighted by molar-refractivity contribution is 7.10. The third kappa shape index (κ3) is 4.09. The summed E-state index contributed by atoms with van der Waals surface area (Å²) in [7, 11) is 0. The number of hydrogen-bond acceptors (Lipinski definition) is 4. The number of aryl methyl sites for hydroxylation is 1. The van der Waals surface area contributed by atoms with Crippen LogP contribution in [0, 0.1) is 0 Å². The Balaban J connectivity index is 1.33. The highest BCUT2D eigenvalue weighted by atomic mass is 32.1. The number of carbonyl (C=O) groups is 1. The van der Waals surface area contributed by atoms with Crippen molar-refractivity contribution in [1.82, 2.24) is 5.32 Å². The predicted molar refractivity (Wildman–Crippen MR) is 87.7 cm³/mol. The molecule has 1 aliphatic carbocycles. The topological polar surface area (TPSA) is 47.6 Å². The van der Waals surface area contributed by atoms with Crippen LogP contribution in [-0.4, -0.2) is 38.4 Å². The molecule has 3 rings (SSSR count). The Morgan fingerprint density at radius 2 is 2.27 bits per heavy atom. The zero-order valence-corrected chi connectivity index (χ0v) is 13.9. The van der Waals surface area contributed by atoms with Crippen LogP contribution in [-0.2, 0) is 22.3 Å². The van der Waals surface area contributed by atoms with Gasteiger partial charge in [-0.3, -0.25) is 4.79 Å². The second-order valence-electron chi connectivity index (χ2n) is 6.08. The minimum Gasteiger partial charge on any atom is -0.379 e. The van der Waals surface area contributed by atoms with E-state index in [0.29, 0.717) is 19.8 Å². The number of rotatable bonds is 7. The highest BCUT2D eigenvalue weighted by Crippen LogP contribution is 2.30. The van der Waals surface area contributed by atoms with Crippen molar-refractivity contribution in [1.29, 1.82) is 0 Å². The summed E-state index contributed by atoms with van der Waals surface area (Å²) in [6.45, 7) is 2.91. The van der Waals surface area contributed by atoms with Crippen LogP contribution < -0.4 is 5.32 Å². The fourth-order valence-electron chi connectivity index (χ4n) is 3.15. The summed E-state index contributed by atoms with van der Waals surface area (Å²) < 4.78 is 11.1. The molecule has 0 bridgehead atoms. The lowest BCUT2D eigenvalue weighted by molar-refractivity contribution is 0.0166. The molecule has 0 saturated carbocycles. The van der Waals surface area contributed by atoms with E-state index in [1.54, 1.807) is 11.3 Å². The average Bonchev–Trinajstić information content (AvgIpc) is 3.19. The van der Waals surface area contributed by atoms with Crippen LogP contribution >= 0.6 is 11.3 Å². The molecular formula is C17H25NO3S. The van der Waals surface area contributed by atoms with Crippen LogP contribution in [0.5, 0.6) is 0 Å². The minimum absolute atomic E-state index is 0.0820. The molecule has 1 N–H and O–H groups in total. The van der Waals surface area contributed by atoms with Crippen LogP contribution in [0.15, 0.2) is 5.38 Å². The maximum atomic E-state index is 12.3. The van der Waals surface area contributed by atoms with Crippen molar-refractivity contribution < 1.29 is 14.3 Å². The normalized spacial score (nSPS) is 20.8. The number of amides is 1. The summed E-state index contributed by atoms with van der Waals surface area (Å²) in [4.78, 5) is 13.7. The molecular weight excluding hydrogens is 298 g/mol.